The third kappa shape index (κ3) is 3.16. The first-order valence-electron chi connectivity index (χ1n) is 5.76. The molecule has 7 heteroatoms. The summed E-state index contributed by atoms with van der Waals surface area (Å²) in [5.74, 6) is -0.0794. The van der Waals surface area contributed by atoms with Crippen LogP contribution in [0.15, 0.2) is 29.4 Å². The van der Waals surface area contributed by atoms with Crippen molar-refractivity contribution in [3.63, 3.8) is 0 Å². The number of carbonyl (C=O) groups excluding carboxylic acids is 1. The molecule has 1 unspecified atom stereocenters. The number of carbonyl (C=O) groups is 1. The van der Waals surface area contributed by atoms with Crippen LogP contribution in [0.3, 0.4) is 0 Å². The molecular weight excluding hydrogens is 361 g/mol. The molecule has 0 bridgehead atoms. The van der Waals surface area contributed by atoms with E-state index >= 15 is 0 Å². The molecule has 0 aromatic heterocycles. The highest BCUT2D eigenvalue weighted by Crippen LogP contribution is 2.16. The highest BCUT2D eigenvalue weighted by Gasteiger charge is 2.28. The van der Waals surface area contributed by atoms with Crippen molar-refractivity contribution in [1.29, 1.82) is 0 Å². The summed E-state index contributed by atoms with van der Waals surface area (Å²) >= 11 is 2.13. The number of hydrogen-bond acceptors (Lipinski definition) is 4. The van der Waals surface area contributed by atoms with Gasteiger partial charge >= 0.3 is 0 Å². The van der Waals surface area contributed by atoms with E-state index in [9.17, 15) is 4.79 Å². The maximum absolute atomic E-state index is 12.4. The second-order valence-electron chi connectivity index (χ2n) is 4.12. The van der Waals surface area contributed by atoms with E-state index in [4.69, 9.17) is 15.7 Å². The molecule has 1 aliphatic heterocycles. The van der Waals surface area contributed by atoms with Crippen molar-refractivity contribution in [2.24, 2.45) is 10.9 Å². The fourth-order valence-corrected chi connectivity index (χ4v) is 2.50. The van der Waals surface area contributed by atoms with Crippen molar-refractivity contribution in [2.75, 3.05) is 19.7 Å². The number of nitrogens with two attached hydrogens (primary N) is 1. The fourth-order valence-electron chi connectivity index (χ4n) is 1.88. The lowest BCUT2D eigenvalue weighted by Crippen LogP contribution is -2.50. The monoisotopic (exact) mass is 375 g/mol. The molecule has 6 nitrogen and oxygen atoms in total. The highest BCUT2D eigenvalue weighted by atomic mass is 127. The smallest absolute Gasteiger partial charge is 0.255 e. The number of ether oxygens (including phenoxy) is 1. The molecule has 3 N–H and O–H groups in total. The molecule has 1 heterocycles. The zero-order chi connectivity index (χ0) is 13.8. The Morgan fingerprint density at radius 1 is 1.53 bits per heavy atom. The minimum Gasteiger partial charge on any atom is -0.409 e. The van der Waals surface area contributed by atoms with Gasteiger partial charge in [0.25, 0.3) is 5.91 Å². The van der Waals surface area contributed by atoms with Crippen LogP contribution in [0.2, 0.25) is 0 Å². The molecule has 1 amide bonds. The maximum Gasteiger partial charge on any atom is 0.255 e. The summed E-state index contributed by atoms with van der Waals surface area (Å²) < 4.78 is 6.27. The molecule has 1 aromatic carbocycles. The third-order valence-electron chi connectivity index (χ3n) is 2.90. The Hall–Kier alpha value is -1.35. The molecule has 102 valence electrons. The molecule has 0 radical (unpaired) electrons. The van der Waals surface area contributed by atoms with E-state index in [1.807, 2.05) is 18.2 Å². The van der Waals surface area contributed by atoms with E-state index in [1.54, 1.807) is 11.0 Å². The summed E-state index contributed by atoms with van der Waals surface area (Å²) in [5.41, 5.74) is 6.17. The van der Waals surface area contributed by atoms with Crippen LogP contribution in [-0.2, 0) is 4.74 Å². The van der Waals surface area contributed by atoms with E-state index in [0.29, 0.717) is 25.3 Å². The Bertz CT molecular complexity index is 507. The summed E-state index contributed by atoms with van der Waals surface area (Å²) in [6.45, 7) is 1.16. The number of halogens is 1. The van der Waals surface area contributed by atoms with Crippen molar-refractivity contribution in [3.05, 3.63) is 33.4 Å². The zero-order valence-corrected chi connectivity index (χ0v) is 12.3. The quantitative estimate of drug-likeness (QED) is 0.264. The Labute approximate surface area is 124 Å². The second-order valence-corrected chi connectivity index (χ2v) is 5.28. The van der Waals surface area contributed by atoms with Gasteiger partial charge in [0, 0.05) is 10.1 Å². The zero-order valence-electron chi connectivity index (χ0n) is 10.1. The van der Waals surface area contributed by atoms with Gasteiger partial charge in [0.1, 0.15) is 6.10 Å². The van der Waals surface area contributed by atoms with Gasteiger partial charge in [-0.2, -0.15) is 0 Å². The van der Waals surface area contributed by atoms with Crippen LogP contribution in [0.5, 0.6) is 0 Å². The topological polar surface area (TPSA) is 88.2 Å². The molecule has 1 saturated heterocycles. The summed E-state index contributed by atoms with van der Waals surface area (Å²) in [4.78, 5) is 14.1. The fraction of sp³-hybridized carbons (Fsp3) is 0.333. The van der Waals surface area contributed by atoms with Crippen molar-refractivity contribution in [1.82, 2.24) is 4.90 Å². The van der Waals surface area contributed by atoms with Gasteiger partial charge in [0.2, 0.25) is 0 Å². The molecule has 1 fully saturated rings. The molecule has 1 atom stereocenters. The van der Waals surface area contributed by atoms with Gasteiger partial charge in [-0.05, 0) is 34.7 Å². The largest absolute Gasteiger partial charge is 0.409 e. The van der Waals surface area contributed by atoms with Gasteiger partial charge in [-0.3, -0.25) is 4.79 Å². The first-order valence-corrected chi connectivity index (χ1v) is 6.84. The van der Waals surface area contributed by atoms with Crippen molar-refractivity contribution in [3.8, 4) is 0 Å². The van der Waals surface area contributed by atoms with Crippen molar-refractivity contribution >= 4 is 34.3 Å². The van der Waals surface area contributed by atoms with Gasteiger partial charge in [-0.15, -0.1) is 0 Å². The average molecular weight is 375 g/mol. The van der Waals surface area contributed by atoms with Crippen LogP contribution in [0.4, 0.5) is 0 Å². The number of nitrogens with zero attached hydrogens (tertiary/aromatic N) is 2. The highest BCUT2D eigenvalue weighted by molar-refractivity contribution is 14.1. The predicted octanol–water partition coefficient (Wildman–Crippen LogP) is 0.879. The van der Waals surface area contributed by atoms with Crippen LogP contribution >= 0.6 is 22.6 Å². The third-order valence-corrected chi connectivity index (χ3v) is 3.84. The molecular formula is C12H14IN3O3. The van der Waals surface area contributed by atoms with Crippen LogP contribution in [0.25, 0.3) is 0 Å². The van der Waals surface area contributed by atoms with Crippen LogP contribution in [0.1, 0.15) is 10.4 Å². The number of rotatable bonds is 2. The number of amidine groups is 1. The SMILES string of the molecule is NC(=NO)C1CN(C(=O)c2ccccc2I)CCO1. The molecule has 0 aliphatic carbocycles. The van der Waals surface area contributed by atoms with Crippen LogP contribution in [-0.4, -0.2) is 47.7 Å². The number of morpholine rings is 1. The maximum atomic E-state index is 12.4. The van der Waals surface area contributed by atoms with Crippen LogP contribution in [0, 0.1) is 3.57 Å². The Morgan fingerprint density at radius 2 is 2.26 bits per heavy atom. The van der Waals surface area contributed by atoms with Gasteiger partial charge in [0.05, 0.1) is 18.7 Å². The van der Waals surface area contributed by atoms with Crippen molar-refractivity contribution < 1.29 is 14.7 Å². The van der Waals surface area contributed by atoms with E-state index in [0.717, 1.165) is 3.57 Å². The molecule has 0 spiro atoms. The standard InChI is InChI=1S/C12H14IN3O3/c13-9-4-2-1-3-8(9)12(17)16-5-6-19-10(7-16)11(14)15-18/h1-4,10,18H,5-7H2,(H2,14,15). The Morgan fingerprint density at radius 3 is 2.95 bits per heavy atom. The minimum atomic E-state index is -0.552. The minimum absolute atomic E-state index is 0.0136. The molecule has 2 rings (SSSR count). The predicted molar refractivity (Wildman–Crippen MR) is 78.2 cm³/mol. The molecule has 0 saturated carbocycles. The van der Waals surface area contributed by atoms with E-state index in [1.165, 1.54) is 0 Å². The first-order chi connectivity index (χ1) is 9.13. The van der Waals surface area contributed by atoms with Gasteiger partial charge in [0.15, 0.2) is 5.84 Å². The average Bonchev–Trinajstić information content (AvgIpc) is 2.46. The lowest BCUT2D eigenvalue weighted by atomic mass is 10.1. The van der Waals surface area contributed by atoms with Crippen molar-refractivity contribution in [2.45, 2.75) is 6.10 Å². The summed E-state index contributed by atoms with van der Waals surface area (Å²) in [7, 11) is 0. The summed E-state index contributed by atoms with van der Waals surface area (Å²) in [6, 6.07) is 7.39. The Balaban J connectivity index is 2.14. The molecule has 1 aromatic rings. The van der Waals surface area contributed by atoms with E-state index in [2.05, 4.69) is 27.7 Å². The van der Waals surface area contributed by atoms with Gasteiger partial charge in [-0.1, -0.05) is 17.3 Å². The van der Waals surface area contributed by atoms with Gasteiger partial charge < -0.3 is 20.6 Å². The van der Waals surface area contributed by atoms with E-state index < -0.39 is 6.10 Å². The summed E-state index contributed by atoms with van der Waals surface area (Å²) in [6.07, 6.45) is -0.552. The summed E-state index contributed by atoms with van der Waals surface area (Å²) in [5, 5.41) is 11.6. The lowest BCUT2D eigenvalue weighted by molar-refractivity contribution is 0.00670. The number of hydrogen-bond donors (Lipinski definition) is 2. The van der Waals surface area contributed by atoms with E-state index in [-0.39, 0.29) is 11.7 Å². The molecule has 1 aliphatic rings. The van der Waals surface area contributed by atoms with Crippen LogP contribution < -0.4 is 5.73 Å². The molecule has 19 heavy (non-hydrogen) atoms. The second kappa shape index (κ2) is 6.20. The Kier molecular flexibility index (Phi) is 4.59. The number of oxime groups is 1. The first kappa shape index (κ1) is 14.1. The van der Waals surface area contributed by atoms with Gasteiger partial charge in [-0.25, -0.2) is 0 Å². The number of amides is 1. The lowest BCUT2D eigenvalue weighted by Gasteiger charge is -2.32. The normalized spacial score (nSPS) is 20.4. The number of benzene rings is 1.